The molecule has 2 rings (SSSR count). The lowest BCUT2D eigenvalue weighted by molar-refractivity contribution is -0.133. The molecular weight excluding hydrogens is 363 g/mol. The third kappa shape index (κ3) is 5.67. The number of benzene rings is 2. The van der Waals surface area contributed by atoms with Gasteiger partial charge in [0.05, 0.1) is 0 Å². The van der Waals surface area contributed by atoms with Crippen molar-refractivity contribution in [2.24, 2.45) is 0 Å². The molecule has 0 aliphatic heterocycles. The Bertz CT molecular complexity index is 942. The minimum Gasteiger partial charge on any atom is -0.462 e. The number of esters is 2. The minimum absolute atomic E-state index is 0.161. The second kappa shape index (κ2) is 9.32. The first kappa shape index (κ1) is 20.6. The maximum Gasteiger partial charge on any atom is 0.338 e. The topological polar surface area (TPSA) is 61.8 Å². The molecule has 0 atom stereocenters. The van der Waals surface area contributed by atoms with Gasteiger partial charge >= 0.3 is 11.9 Å². The van der Waals surface area contributed by atoms with E-state index < -0.39 is 17.8 Å². The van der Waals surface area contributed by atoms with Crippen molar-refractivity contribution in [2.75, 3.05) is 0 Å². The molecule has 0 aromatic heterocycles. The molecule has 6 heteroatoms. The maximum atomic E-state index is 14.2. The average molecular weight is 382 g/mol. The van der Waals surface area contributed by atoms with Crippen molar-refractivity contribution in [3.8, 4) is 22.6 Å². The predicted octanol–water partition coefficient (Wildman–Crippen LogP) is 4.94. The first-order chi connectivity index (χ1) is 13.3. The number of hydrogen-bond acceptors (Lipinski definition) is 5. The molecule has 0 bridgehead atoms. The average Bonchev–Trinajstić information content (AvgIpc) is 2.66. The molecule has 0 amide bonds. The van der Waals surface area contributed by atoms with Gasteiger partial charge in [-0.05, 0) is 49.2 Å². The Hall–Kier alpha value is -3.67. The normalized spacial score (nSPS) is 10.4. The van der Waals surface area contributed by atoms with E-state index in [1.54, 1.807) is 30.3 Å². The smallest absolute Gasteiger partial charge is 0.338 e. The van der Waals surface area contributed by atoms with E-state index in [2.05, 4.69) is 13.2 Å². The fourth-order valence-corrected chi connectivity index (χ4v) is 1.97. The monoisotopic (exact) mass is 382 g/mol. The second-order valence-electron chi connectivity index (χ2n) is 5.92. The van der Waals surface area contributed by atoms with Crippen LogP contribution in [0.4, 0.5) is 4.39 Å². The van der Waals surface area contributed by atoms with Crippen LogP contribution in [0.25, 0.3) is 11.1 Å². The highest BCUT2D eigenvalue weighted by Gasteiger charge is 2.11. The van der Waals surface area contributed by atoms with Crippen molar-refractivity contribution in [2.45, 2.75) is 13.8 Å². The van der Waals surface area contributed by atoms with Crippen LogP contribution in [0.3, 0.4) is 0 Å². The minimum atomic E-state index is -0.685. The van der Waals surface area contributed by atoms with Gasteiger partial charge in [0.15, 0.2) is 11.6 Å². The summed E-state index contributed by atoms with van der Waals surface area (Å²) in [6.45, 7) is 9.94. The van der Waals surface area contributed by atoms with Crippen LogP contribution in [0.5, 0.6) is 11.5 Å². The summed E-state index contributed by atoms with van der Waals surface area (Å²) in [6, 6.07) is 11.1. The molecule has 5 nitrogen and oxygen atoms in total. The van der Waals surface area contributed by atoms with Gasteiger partial charge in [-0.15, -0.1) is 0 Å². The molecule has 28 heavy (non-hydrogen) atoms. The third-order valence-corrected chi connectivity index (χ3v) is 3.45. The van der Waals surface area contributed by atoms with Crippen molar-refractivity contribution in [1.82, 2.24) is 0 Å². The molecule has 0 fully saturated rings. The Morgan fingerprint density at radius 1 is 0.893 bits per heavy atom. The molecule has 0 saturated heterocycles. The Labute approximate surface area is 162 Å². The molecule has 0 N–H and O–H groups in total. The first-order valence-electron chi connectivity index (χ1n) is 8.23. The highest BCUT2D eigenvalue weighted by Crippen LogP contribution is 2.27. The van der Waals surface area contributed by atoms with Crippen LogP contribution in [0, 0.1) is 5.82 Å². The van der Waals surface area contributed by atoms with Crippen molar-refractivity contribution >= 4 is 11.9 Å². The molecule has 0 radical (unpaired) electrons. The van der Waals surface area contributed by atoms with Gasteiger partial charge in [-0.1, -0.05) is 31.4 Å². The zero-order chi connectivity index (χ0) is 20.7. The molecule has 0 spiro atoms. The molecule has 0 aliphatic rings. The summed E-state index contributed by atoms with van der Waals surface area (Å²) in [6.07, 6.45) is 2.34. The van der Waals surface area contributed by atoms with Crippen LogP contribution < -0.4 is 9.47 Å². The van der Waals surface area contributed by atoms with Crippen LogP contribution in [0.1, 0.15) is 13.8 Å². The number of rotatable bonds is 7. The number of halogens is 1. The van der Waals surface area contributed by atoms with Crippen molar-refractivity contribution in [3.63, 3.8) is 0 Å². The van der Waals surface area contributed by atoms with E-state index in [1.165, 1.54) is 32.2 Å². The summed E-state index contributed by atoms with van der Waals surface area (Å²) in [5.41, 5.74) is 1.80. The highest BCUT2D eigenvalue weighted by molar-refractivity contribution is 5.89. The zero-order valence-corrected chi connectivity index (χ0v) is 15.5. The van der Waals surface area contributed by atoms with Gasteiger partial charge in [-0.25, -0.2) is 14.0 Å². The van der Waals surface area contributed by atoms with E-state index >= 15 is 0 Å². The van der Waals surface area contributed by atoms with Crippen molar-refractivity contribution in [1.29, 1.82) is 0 Å². The van der Waals surface area contributed by atoms with Crippen LogP contribution in [0.2, 0.25) is 0 Å². The summed E-state index contributed by atoms with van der Waals surface area (Å²) in [4.78, 5) is 22.7. The number of ether oxygens (including phenoxy) is 3. The standard InChI is InChI=1S/C22H19FO5/c1-14(2)21(24)27-12-11-26-18-8-5-16(6-9-18)17-7-10-20(19(23)13-17)28-22(25)15(3)4/h5-13H,1,3H2,2,4H3. The van der Waals surface area contributed by atoms with Gasteiger partial charge in [-0.3, -0.25) is 0 Å². The van der Waals surface area contributed by atoms with Crippen molar-refractivity contribution < 1.29 is 28.2 Å². The van der Waals surface area contributed by atoms with E-state index in [1.807, 2.05) is 0 Å². The lowest BCUT2D eigenvalue weighted by Crippen LogP contribution is -2.09. The molecular formula is C22H19FO5. The van der Waals surface area contributed by atoms with E-state index in [9.17, 15) is 14.0 Å². The van der Waals surface area contributed by atoms with E-state index in [0.717, 1.165) is 11.8 Å². The van der Waals surface area contributed by atoms with Crippen LogP contribution in [0.15, 0.2) is 79.3 Å². The predicted molar refractivity (Wildman–Crippen MR) is 103 cm³/mol. The summed E-state index contributed by atoms with van der Waals surface area (Å²) in [5, 5.41) is 0. The Balaban J connectivity index is 2.03. The number of carbonyl (C=O) groups excluding carboxylic acids is 2. The molecule has 2 aromatic rings. The van der Waals surface area contributed by atoms with E-state index in [0.29, 0.717) is 11.3 Å². The van der Waals surface area contributed by atoms with Gasteiger partial charge in [0.2, 0.25) is 0 Å². The molecule has 0 aliphatic carbocycles. The van der Waals surface area contributed by atoms with Gasteiger partial charge in [-0.2, -0.15) is 0 Å². The molecule has 2 aromatic carbocycles. The lowest BCUT2D eigenvalue weighted by atomic mass is 10.1. The Kier molecular flexibility index (Phi) is 6.87. The summed E-state index contributed by atoms with van der Waals surface area (Å²) < 4.78 is 29.2. The largest absolute Gasteiger partial charge is 0.462 e. The van der Waals surface area contributed by atoms with E-state index in [-0.39, 0.29) is 16.9 Å². The van der Waals surface area contributed by atoms with E-state index in [4.69, 9.17) is 14.2 Å². The van der Waals surface area contributed by atoms with Crippen LogP contribution >= 0.6 is 0 Å². The van der Waals surface area contributed by atoms with Gasteiger partial charge in [0.25, 0.3) is 0 Å². The quantitative estimate of drug-likeness (QED) is 0.294. The third-order valence-electron chi connectivity index (χ3n) is 3.45. The van der Waals surface area contributed by atoms with Crippen LogP contribution in [-0.2, 0) is 14.3 Å². The molecule has 0 heterocycles. The lowest BCUT2D eigenvalue weighted by Gasteiger charge is -2.08. The number of hydrogen-bond donors (Lipinski definition) is 0. The highest BCUT2D eigenvalue weighted by atomic mass is 19.1. The molecule has 144 valence electrons. The summed E-state index contributed by atoms with van der Waals surface area (Å²) in [5.74, 6) is -1.55. The summed E-state index contributed by atoms with van der Waals surface area (Å²) in [7, 11) is 0. The van der Waals surface area contributed by atoms with Crippen molar-refractivity contribution in [3.05, 3.63) is 85.1 Å². The molecule has 0 saturated carbocycles. The van der Waals surface area contributed by atoms with Gasteiger partial charge < -0.3 is 14.2 Å². The fraction of sp³-hybridized carbons (Fsp3) is 0.0909. The Morgan fingerprint density at radius 3 is 2.07 bits per heavy atom. The maximum absolute atomic E-state index is 14.2. The summed E-state index contributed by atoms with van der Waals surface area (Å²) >= 11 is 0. The molecule has 0 unspecified atom stereocenters. The van der Waals surface area contributed by atoms with Gasteiger partial charge in [0, 0.05) is 11.1 Å². The second-order valence-corrected chi connectivity index (χ2v) is 5.92. The number of carbonyl (C=O) groups is 2. The van der Waals surface area contributed by atoms with Gasteiger partial charge in [0.1, 0.15) is 18.3 Å². The van der Waals surface area contributed by atoms with Crippen LogP contribution in [-0.4, -0.2) is 11.9 Å². The fourth-order valence-electron chi connectivity index (χ4n) is 1.97. The zero-order valence-electron chi connectivity index (χ0n) is 15.5. The SMILES string of the molecule is C=C(C)C(=O)OC=COc1ccc(-c2ccc(OC(=O)C(=C)C)c(F)c2)cc1. The first-order valence-corrected chi connectivity index (χ1v) is 8.23. The Morgan fingerprint density at radius 2 is 1.50 bits per heavy atom.